The molecule has 0 aliphatic rings. The number of hydrogen-bond acceptors (Lipinski definition) is 4. The molecule has 0 heterocycles. The Hall–Kier alpha value is -1.84. The maximum atomic E-state index is 10.9. The number of hydrogen-bond donors (Lipinski definition) is 0. The summed E-state index contributed by atoms with van der Waals surface area (Å²) in [6, 6.07) is 15.9. The molecule has 138 valence electrons. The Kier molecular flexibility index (Phi) is 13.4. The van der Waals surface area contributed by atoms with Gasteiger partial charge in [0.1, 0.15) is 0 Å². The van der Waals surface area contributed by atoms with Crippen LogP contribution in [0.4, 0.5) is 0 Å². The fourth-order valence-corrected chi connectivity index (χ4v) is 2.12. The van der Waals surface area contributed by atoms with Gasteiger partial charge in [-0.1, -0.05) is 0 Å². The number of aryl methyl sites for hydroxylation is 2. The summed E-state index contributed by atoms with van der Waals surface area (Å²) in [5.41, 5.74) is 2.39. The van der Waals surface area contributed by atoms with E-state index in [1.54, 1.807) is 0 Å². The first-order chi connectivity index (χ1) is 11.7. The van der Waals surface area contributed by atoms with Crippen molar-refractivity contribution in [3.05, 3.63) is 59.7 Å². The van der Waals surface area contributed by atoms with E-state index in [-0.39, 0.29) is 29.0 Å². The molecule has 0 atom stereocenters. The number of rotatable bonds is 8. The normalized spacial score (nSPS) is 9.36. The van der Waals surface area contributed by atoms with Crippen LogP contribution in [-0.4, -0.2) is 25.2 Å². The van der Waals surface area contributed by atoms with Gasteiger partial charge >= 0.3 is 29.0 Å². The topological polar surface area (TPSA) is 52.6 Å². The zero-order chi connectivity index (χ0) is 17.6. The predicted molar refractivity (Wildman–Crippen MR) is 94.0 cm³/mol. The van der Waals surface area contributed by atoms with Crippen molar-refractivity contribution >= 4 is 11.9 Å². The molecule has 0 fully saturated rings. The quantitative estimate of drug-likeness (QED) is 0.394. The molecule has 2 aromatic rings. The fraction of sp³-hybridized carbons (Fsp3) is 0.400. The van der Waals surface area contributed by atoms with E-state index >= 15 is 0 Å². The van der Waals surface area contributed by atoms with Gasteiger partial charge in [-0.3, -0.25) is 9.59 Å². The van der Waals surface area contributed by atoms with E-state index < -0.39 is 0 Å². The van der Waals surface area contributed by atoms with Crippen molar-refractivity contribution in [1.82, 2.24) is 0 Å². The summed E-state index contributed by atoms with van der Waals surface area (Å²) >= 11 is 0. The van der Waals surface area contributed by atoms with Crippen molar-refractivity contribution in [3.8, 4) is 0 Å². The molecule has 25 heavy (non-hydrogen) atoms. The fourth-order valence-electron chi connectivity index (χ4n) is 2.12. The summed E-state index contributed by atoms with van der Waals surface area (Å²) in [6.07, 6.45) is 2.54. The third-order valence-corrected chi connectivity index (χ3v) is 3.31. The summed E-state index contributed by atoms with van der Waals surface area (Å²) in [4.78, 5) is 21.8. The van der Waals surface area contributed by atoms with Crippen LogP contribution >= 0.6 is 0 Å². The van der Waals surface area contributed by atoms with Gasteiger partial charge in [-0.05, 0) is 26.7 Å². The summed E-state index contributed by atoms with van der Waals surface area (Å²) in [7, 11) is 0. The number of carbonyl (C=O) groups is 2. The molecule has 0 N–H and O–H groups in total. The van der Waals surface area contributed by atoms with Gasteiger partial charge in [0.05, 0.1) is 13.2 Å². The van der Waals surface area contributed by atoms with E-state index in [2.05, 4.69) is 0 Å². The maximum Gasteiger partial charge on any atom is 2.00 e. The standard InChI is InChI=1S/2C10H13O2.Fe/c2*1-2-12-10(11)8-7-9-5-3-4-6-9;/h2*3-6H,2,7-8H2,1H3;/q2*-1;+2. The van der Waals surface area contributed by atoms with Crippen molar-refractivity contribution in [2.75, 3.05) is 13.2 Å². The van der Waals surface area contributed by atoms with Gasteiger partial charge in [-0.25, -0.2) is 24.3 Å². The van der Waals surface area contributed by atoms with Gasteiger partial charge < -0.3 is 9.47 Å². The van der Waals surface area contributed by atoms with Crippen molar-refractivity contribution in [2.45, 2.75) is 39.5 Å². The van der Waals surface area contributed by atoms with Gasteiger partial charge in [0.25, 0.3) is 0 Å². The molecule has 0 spiro atoms. The summed E-state index contributed by atoms with van der Waals surface area (Å²) in [6.45, 7) is 4.58. The second-order valence-electron chi connectivity index (χ2n) is 5.20. The maximum absolute atomic E-state index is 10.9. The third-order valence-electron chi connectivity index (χ3n) is 3.31. The Balaban J connectivity index is 0.000000443. The summed E-state index contributed by atoms with van der Waals surface area (Å²) in [5, 5.41) is 0. The van der Waals surface area contributed by atoms with Crippen LogP contribution in [0.25, 0.3) is 0 Å². The Labute approximate surface area is 160 Å². The molecule has 0 aliphatic carbocycles. The first-order valence-electron chi connectivity index (χ1n) is 8.38. The van der Waals surface area contributed by atoms with Crippen molar-refractivity contribution < 1.29 is 36.1 Å². The Bertz CT molecular complexity index is 506. The van der Waals surface area contributed by atoms with E-state index in [9.17, 15) is 9.59 Å². The second kappa shape index (κ2) is 14.5. The average molecular weight is 386 g/mol. The molecule has 0 radical (unpaired) electrons. The predicted octanol–water partition coefficient (Wildman–Crippen LogP) is 3.80. The van der Waals surface area contributed by atoms with Crippen LogP contribution in [0.5, 0.6) is 0 Å². The van der Waals surface area contributed by atoms with E-state index in [4.69, 9.17) is 9.47 Å². The Morgan fingerprint density at radius 2 is 1.24 bits per heavy atom. The minimum absolute atomic E-state index is 0. The Morgan fingerprint density at radius 1 is 0.840 bits per heavy atom. The molecule has 4 nitrogen and oxygen atoms in total. The monoisotopic (exact) mass is 386 g/mol. The third kappa shape index (κ3) is 11.4. The zero-order valence-corrected chi connectivity index (χ0v) is 16.0. The molecule has 5 heteroatoms. The molecular formula is C20H26FeO4. The Morgan fingerprint density at radius 3 is 1.52 bits per heavy atom. The van der Waals surface area contributed by atoms with E-state index in [0.717, 1.165) is 12.8 Å². The molecule has 0 aromatic heterocycles. The first-order valence-corrected chi connectivity index (χ1v) is 8.38. The molecule has 0 aliphatic heterocycles. The number of carbonyl (C=O) groups excluding carboxylic acids is 2. The van der Waals surface area contributed by atoms with Crippen molar-refractivity contribution in [2.24, 2.45) is 0 Å². The average Bonchev–Trinajstić information content (AvgIpc) is 3.26. The molecule has 0 bridgehead atoms. The van der Waals surface area contributed by atoms with Crippen LogP contribution in [0.3, 0.4) is 0 Å². The van der Waals surface area contributed by atoms with Gasteiger partial charge in [0, 0.05) is 12.8 Å². The molecule has 0 unspecified atom stereocenters. The van der Waals surface area contributed by atoms with Crippen LogP contribution in [0.15, 0.2) is 48.5 Å². The molecule has 0 saturated carbocycles. The van der Waals surface area contributed by atoms with Gasteiger partial charge in [-0.15, -0.1) is 0 Å². The molecule has 2 aromatic carbocycles. The van der Waals surface area contributed by atoms with Crippen LogP contribution in [-0.2, 0) is 49.0 Å². The van der Waals surface area contributed by atoms with Crippen molar-refractivity contribution in [1.29, 1.82) is 0 Å². The molecular weight excluding hydrogens is 360 g/mol. The molecule has 0 amide bonds. The summed E-state index contributed by atoms with van der Waals surface area (Å²) < 4.78 is 9.60. The second-order valence-corrected chi connectivity index (χ2v) is 5.20. The summed E-state index contributed by atoms with van der Waals surface area (Å²) in [5.74, 6) is -0.225. The van der Waals surface area contributed by atoms with Crippen LogP contribution in [0, 0.1) is 0 Å². The van der Waals surface area contributed by atoms with Crippen molar-refractivity contribution in [3.63, 3.8) is 0 Å². The van der Waals surface area contributed by atoms with Gasteiger partial charge in [0.15, 0.2) is 0 Å². The minimum atomic E-state index is -0.112. The smallest absolute Gasteiger partial charge is 0.466 e. The van der Waals surface area contributed by atoms with E-state index in [1.807, 2.05) is 62.4 Å². The number of ether oxygens (including phenoxy) is 2. The largest absolute Gasteiger partial charge is 2.00 e. The first kappa shape index (κ1) is 23.2. The zero-order valence-electron chi connectivity index (χ0n) is 14.8. The SMILES string of the molecule is CCOC(=O)CCc1ccc[cH-]1.CCOC(=O)CCc1ccc[cH-]1.[Fe+2]. The van der Waals surface area contributed by atoms with Gasteiger partial charge in [0.2, 0.25) is 0 Å². The van der Waals surface area contributed by atoms with Crippen LogP contribution < -0.4 is 0 Å². The molecule has 2 rings (SSSR count). The van der Waals surface area contributed by atoms with Gasteiger partial charge in [-0.2, -0.15) is 35.4 Å². The minimum Gasteiger partial charge on any atom is -0.466 e. The van der Waals surface area contributed by atoms with Crippen LogP contribution in [0.1, 0.15) is 37.8 Å². The molecule has 0 saturated heterocycles. The number of esters is 2. The van der Waals surface area contributed by atoms with E-state index in [0.29, 0.717) is 26.1 Å². The van der Waals surface area contributed by atoms with E-state index in [1.165, 1.54) is 11.1 Å². The van der Waals surface area contributed by atoms with Crippen LogP contribution in [0.2, 0.25) is 0 Å².